The third-order valence-corrected chi connectivity index (χ3v) is 6.01. The lowest BCUT2D eigenvalue weighted by atomic mass is 9.85. The Labute approximate surface area is 184 Å². The van der Waals surface area contributed by atoms with Crippen LogP contribution in [0, 0.1) is 0 Å². The number of carbonyl (C=O) groups is 1. The summed E-state index contributed by atoms with van der Waals surface area (Å²) in [4.78, 5) is 23.6. The fraction of sp³-hybridized carbons (Fsp3) is 0.423. The van der Waals surface area contributed by atoms with Gasteiger partial charge in [-0.05, 0) is 69.4 Å². The van der Waals surface area contributed by atoms with Crippen LogP contribution in [0.4, 0.5) is 4.79 Å². The molecule has 4 rings (SSSR count). The van der Waals surface area contributed by atoms with Gasteiger partial charge in [0, 0.05) is 30.8 Å². The summed E-state index contributed by atoms with van der Waals surface area (Å²) in [5.74, 6) is 1.23. The van der Waals surface area contributed by atoms with Gasteiger partial charge in [-0.2, -0.15) is 0 Å². The van der Waals surface area contributed by atoms with Crippen molar-refractivity contribution in [3.05, 3.63) is 60.6 Å². The van der Waals surface area contributed by atoms with Crippen molar-refractivity contribution in [3.63, 3.8) is 0 Å². The van der Waals surface area contributed by atoms with Crippen LogP contribution in [0.5, 0.6) is 0 Å². The van der Waals surface area contributed by atoms with Crippen LogP contribution in [0.1, 0.15) is 58.2 Å². The number of ether oxygens (including phenoxy) is 1. The minimum atomic E-state index is -0.473. The molecule has 0 N–H and O–H groups in total. The van der Waals surface area contributed by atoms with Crippen molar-refractivity contribution in [2.24, 2.45) is 0 Å². The molecule has 0 bridgehead atoms. The molecule has 1 amide bonds. The van der Waals surface area contributed by atoms with Gasteiger partial charge >= 0.3 is 6.09 Å². The molecule has 1 aliphatic carbocycles. The van der Waals surface area contributed by atoms with Crippen molar-refractivity contribution in [1.29, 1.82) is 0 Å². The lowest BCUT2D eigenvalue weighted by Gasteiger charge is -2.35. The predicted molar refractivity (Wildman–Crippen MR) is 124 cm³/mol. The smallest absolute Gasteiger partial charge is 0.410 e. The van der Waals surface area contributed by atoms with Crippen LogP contribution in [0.2, 0.25) is 0 Å². The van der Waals surface area contributed by atoms with E-state index in [1.807, 2.05) is 40.1 Å². The van der Waals surface area contributed by atoms with E-state index in [-0.39, 0.29) is 12.1 Å². The molecule has 5 nitrogen and oxygen atoms in total. The largest absolute Gasteiger partial charge is 0.444 e. The molecule has 1 heterocycles. The normalized spacial score (nSPS) is 19.2. The van der Waals surface area contributed by atoms with Gasteiger partial charge in [-0.1, -0.05) is 36.4 Å². The maximum Gasteiger partial charge on any atom is 0.410 e. The molecule has 5 heteroatoms. The molecule has 0 aliphatic heterocycles. The summed E-state index contributed by atoms with van der Waals surface area (Å²) in [5.41, 5.74) is 1.60. The van der Waals surface area contributed by atoms with E-state index in [2.05, 4.69) is 47.4 Å². The average Bonchev–Trinajstić information content (AvgIpc) is 2.77. The highest BCUT2D eigenvalue weighted by atomic mass is 16.6. The molecule has 1 fully saturated rings. The lowest BCUT2D eigenvalue weighted by molar-refractivity contribution is 0.0182. The fourth-order valence-corrected chi connectivity index (χ4v) is 4.28. The standard InChI is InChI=1S/C26H31N3O2/c1-26(2,3)31-25(30)29(4)22-13-11-19(12-14-22)24-27-16-15-23(28-24)21-10-9-18-7-5-6-8-20(18)17-21/h5-10,15-17,19,22H,11-14H2,1-4H3. The number of carbonyl (C=O) groups excluding carboxylic acids is 1. The molecule has 0 radical (unpaired) electrons. The van der Waals surface area contributed by atoms with Gasteiger partial charge in [0.15, 0.2) is 0 Å². The minimum Gasteiger partial charge on any atom is -0.444 e. The van der Waals surface area contributed by atoms with Crippen LogP contribution < -0.4 is 0 Å². The van der Waals surface area contributed by atoms with Gasteiger partial charge in [-0.3, -0.25) is 0 Å². The Morgan fingerprint density at radius 3 is 2.42 bits per heavy atom. The summed E-state index contributed by atoms with van der Waals surface area (Å²) in [5, 5.41) is 2.44. The monoisotopic (exact) mass is 417 g/mol. The number of fused-ring (bicyclic) bond motifs is 1. The molecular weight excluding hydrogens is 386 g/mol. The van der Waals surface area contributed by atoms with E-state index >= 15 is 0 Å². The molecule has 1 saturated carbocycles. The van der Waals surface area contributed by atoms with Gasteiger partial charge in [-0.15, -0.1) is 0 Å². The summed E-state index contributed by atoms with van der Waals surface area (Å²) >= 11 is 0. The van der Waals surface area contributed by atoms with Crippen LogP contribution in [-0.2, 0) is 4.74 Å². The Balaban J connectivity index is 1.44. The molecule has 3 aromatic rings. The molecule has 31 heavy (non-hydrogen) atoms. The van der Waals surface area contributed by atoms with Crippen molar-refractivity contribution in [2.75, 3.05) is 7.05 Å². The van der Waals surface area contributed by atoms with Crippen molar-refractivity contribution >= 4 is 16.9 Å². The highest BCUT2D eigenvalue weighted by Crippen LogP contribution is 2.34. The maximum absolute atomic E-state index is 12.4. The Morgan fingerprint density at radius 1 is 1.00 bits per heavy atom. The first kappa shape index (κ1) is 21.3. The molecule has 2 aromatic carbocycles. The second-order valence-electron chi connectivity index (χ2n) is 9.46. The molecular formula is C26H31N3O2. The highest BCUT2D eigenvalue weighted by molar-refractivity contribution is 5.86. The van der Waals surface area contributed by atoms with Crippen molar-refractivity contribution in [3.8, 4) is 11.3 Å². The summed E-state index contributed by atoms with van der Waals surface area (Å²) in [6, 6.07) is 17.0. The summed E-state index contributed by atoms with van der Waals surface area (Å²) in [6.07, 6.45) is 5.43. The lowest BCUT2D eigenvalue weighted by Crippen LogP contribution is -2.42. The van der Waals surface area contributed by atoms with Gasteiger partial charge in [0.05, 0.1) is 5.69 Å². The van der Waals surface area contributed by atoms with Crippen LogP contribution >= 0.6 is 0 Å². The van der Waals surface area contributed by atoms with Crippen LogP contribution in [0.25, 0.3) is 22.0 Å². The quantitative estimate of drug-likeness (QED) is 0.510. The highest BCUT2D eigenvalue weighted by Gasteiger charge is 2.30. The second-order valence-corrected chi connectivity index (χ2v) is 9.46. The van der Waals surface area contributed by atoms with E-state index < -0.39 is 5.60 Å². The van der Waals surface area contributed by atoms with Crippen molar-refractivity contribution in [2.45, 2.75) is 64.0 Å². The van der Waals surface area contributed by atoms with E-state index in [0.717, 1.165) is 42.8 Å². The van der Waals surface area contributed by atoms with Gasteiger partial charge < -0.3 is 9.64 Å². The molecule has 0 atom stereocenters. The first-order valence-corrected chi connectivity index (χ1v) is 11.1. The predicted octanol–water partition coefficient (Wildman–Crippen LogP) is 6.19. The van der Waals surface area contributed by atoms with Crippen LogP contribution in [-0.4, -0.2) is 39.7 Å². The van der Waals surface area contributed by atoms with Gasteiger partial charge in [0.1, 0.15) is 11.4 Å². The zero-order valence-electron chi connectivity index (χ0n) is 18.8. The molecule has 162 valence electrons. The van der Waals surface area contributed by atoms with Crippen LogP contribution in [0.15, 0.2) is 54.7 Å². The number of amides is 1. The fourth-order valence-electron chi connectivity index (χ4n) is 4.28. The summed E-state index contributed by atoms with van der Waals surface area (Å²) in [6.45, 7) is 5.69. The number of hydrogen-bond donors (Lipinski definition) is 0. The first-order chi connectivity index (χ1) is 14.8. The summed E-state index contributed by atoms with van der Waals surface area (Å²) < 4.78 is 5.52. The number of aromatic nitrogens is 2. The Hall–Kier alpha value is -2.95. The topological polar surface area (TPSA) is 55.3 Å². The molecule has 0 unspecified atom stereocenters. The van der Waals surface area contributed by atoms with E-state index in [1.54, 1.807) is 4.90 Å². The van der Waals surface area contributed by atoms with E-state index in [0.29, 0.717) is 5.92 Å². The molecule has 1 aromatic heterocycles. The zero-order valence-corrected chi connectivity index (χ0v) is 18.8. The SMILES string of the molecule is CN(C(=O)OC(C)(C)C)C1CCC(c2nccc(-c3ccc4ccccc4c3)n2)CC1. The van der Waals surface area contributed by atoms with E-state index in [1.165, 1.54) is 10.8 Å². The van der Waals surface area contributed by atoms with Crippen LogP contribution in [0.3, 0.4) is 0 Å². The minimum absolute atomic E-state index is 0.203. The first-order valence-electron chi connectivity index (χ1n) is 11.1. The molecule has 1 aliphatic rings. The zero-order chi connectivity index (χ0) is 22.0. The molecule has 0 saturated heterocycles. The average molecular weight is 418 g/mol. The summed E-state index contributed by atoms with van der Waals surface area (Å²) in [7, 11) is 1.84. The third kappa shape index (κ3) is 5.04. The number of benzene rings is 2. The Morgan fingerprint density at radius 2 is 1.71 bits per heavy atom. The second kappa shape index (κ2) is 8.66. The van der Waals surface area contributed by atoms with E-state index in [9.17, 15) is 4.79 Å². The van der Waals surface area contributed by atoms with Crippen molar-refractivity contribution < 1.29 is 9.53 Å². The Bertz CT molecular complexity index is 1070. The van der Waals surface area contributed by atoms with E-state index in [4.69, 9.17) is 9.72 Å². The number of nitrogens with zero attached hydrogens (tertiary/aromatic N) is 3. The van der Waals surface area contributed by atoms with Gasteiger partial charge in [-0.25, -0.2) is 14.8 Å². The molecule has 0 spiro atoms. The Kier molecular flexibility index (Phi) is 5.94. The van der Waals surface area contributed by atoms with Gasteiger partial charge in [0.2, 0.25) is 0 Å². The van der Waals surface area contributed by atoms with Gasteiger partial charge in [0.25, 0.3) is 0 Å². The van der Waals surface area contributed by atoms with Crippen molar-refractivity contribution in [1.82, 2.24) is 14.9 Å². The number of hydrogen-bond acceptors (Lipinski definition) is 4. The maximum atomic E-state index is 12.4. The third-order valence-electron chi connectivity index (χ3n) is 6.01. The number of rotatable bonds is 3.